The molecule has 0 aliphatic carbocycles. The fourth-order valence-electron chi connectivity index (χ4n) is 3.62. The summed E-state index contributed by atoms with van der Waals surface area (Å²) in [6.07, 6.45) is 0.884. The maximum absolute atomic E-state index is 13.1. The fourth-order valence-corrected chi connectivity index (χ4v) is 3.62. The zero-order valence-corrected chi connectivity index (χ0v) is 22.0. The molecule has 2 N–H and O–H groups in total. The van der Waals surface area contributed by atoms with Gasteiger partial charge in [-0.2, -0.15) is 0 Å². The van der Waals surface area contributed by atoms with Crippen molar-refractivity contribution in [3.63, 3.8) is 0 Å². The number of methoxy groups -OCH3 is 1. The van der Waals surface area contributed by atoms with Gasteiger partial charge in [-0.3, -0.25) is 19.0 Å². The van der Waals surface area contributed by atoms with Gasteiger partial charge >= 0.3 is 17.6 Å². The summed E-state index contributed by atoms with van der Waals surface area (Å²) in [4.78, 5) is 63.6. The first kappa shape index (κ1) is 28.9. The number of carbonyl (C=O) groups excluding carboxylic acids is 3. The number of aromatic nitrogens is 2. The molecule has 206 valence electrons. The van der Waals surface area contributed by atoms with Crippen LogP contribution in [-0.4, -0.2) is 47.2 Å². The van der Waals surface area contributed by atoms with Crippen LogP contribution in [0.2, 0.25) is 0 Å². The molecule has 11 heteroatoms. The van der Waals surface area contributed by atoms with Gasteiger partial charge in [0.05, 0.1) is 25.8 Å². The van der Waals surface area contributed by atoms with Gasteiger partial charge in [0.2, 0.25) is 5.78 Å². The number of Topliss-reactive ketones (excluding diaryl/α,β-unsaturated/α-hetero) is 1. The molecule has 0 aliphatic heterocycles. The number of carbonyl (C=O) groups is 3. The second-order valence-electron chi connectivity index (χ2n) is 9.14. The van der Waals surface area contributed by atoms with E-state index in [0.717, 1.165) is 18.1 Å². The number of benzene rings is 2. The highest BCUT2D eigenvalue weighted by Crippen LogP contribution is 2.15. The average molecular weight is 538 g/mol. The summed E-state index contributed by atoms with van der Waals surface area (Å²) in [5, 5.41) is 0. The number of ketones is 1. The lowest BCUT2D eigenvalue weighted by molar-refractivity contribution is -0.141. The first-order valence-electron chi connectivity index (χ1n) is 12.3. The Morgan fingerprint density at radius 2 is 1.62 bits per heavy atom. The number of nitrogens with zero attached hydrogens (tertiary/aromatic N) is 2. The average Bonchev–Trinajstić information content (AvgIpc) is 2.92. The zero-order chi connectivity index (χ0) is 28.5. The SMILES string of the molecule is COC(=O)Cn1c(=O)c(C(=O)COC(=O)c2ccc(OCCC(C)C)cc2)c(N)n(Cc2ccccc2)c1=O. The van der Waals surface area contributed by atoms with Crippen LogP contribution in [0, 0.1) is 5.92 Å². The Labute approximate surface area is 224 Å². The van der Waals surface area contributed by atoms with Gasteiger partial charge in [-0.05, 0) is 42.2 Å². The van der Waals surface area contributed by atoms with Crippen LogP contribution >= 0.6 is 0 Å². The number of ether oxygens (including phenoxy) is 3. The minimum atomic E-state index is -1.09. The van der Waals surface area contributed by atoms with Gasteiger partial charge in [-0.25, -0.2) is 14.2 Å². The van der Waals surface area contributed by atoms with E-state index in [9.17, 15) is 24.0 Å². The Kier molecular flexibility index (Phi) is 9.80. The van der Waals surface area contributed by atoms with Crippen LogP contribution in [0.3, 0.4) is 0 Å². The van der Waals surface area contributed by atoms with E-state index in [-0.39, 0.29) is 12.1 Å². The summed E-state index contributed by atoms with van der Waals surface area (Å²) in [6.45, 7) is 3.10. The number of rotatable bonds is 12. The molecule has 0 atom stereocenters. The smallest absolute Gasteiger partial charge is 0.338 e. The molecule has 0 aliphatic rings. The fraction of sp³-hybridized carbons (Fsp3) is 0.321. The largest absolute Gasteiger partial charge is 0.494 e. The molecule has 3 rings (SSSR count). The first-order valence-corrected chi connectivity index (χ1v) is 12.3. The second kappa shape index (κ2) is 13.2. The third-order valence-electron chi connectivity index (χ3n) is 5.83. The monoisotopic (exact) mass is 537 g/mol. The van der Waals surface area contributed by atoms with Crippen molar-refractivity contribution in [1.82, 2.24) is 9.13 Å². The van der Waals surface area contributed by atoms with Gasteiger partial charge < -0.3 is 19.9 Å². The van der Waals surface area contributed by atoms with Crippen LogP contribution in [0.15, 0.2) is 64.2 Å². The third-order valence-corrected chi connectivity index (χ3v) is 5.83. The lowest BCUT2D eigenvalue weighted by Crippen LogP contribution is -2.46. The van der Waals surface area contributed by atoms with Crippen LogP contribution in [0.1, 0.15) is 46.5 Å². The van der Waals surface area contributed by atoms with E-state index >= 15 is 0 Å². The highest BCUT2D eigenvalue weighted by atomic mass is 16.5. The number of anilines is 1. The van der Waals surface area contributed by atoms with Crippen molar-refractivity contribution in [2.45, 2.75) is 33.4 Å². The Morgan fingerprint density at radius 1 is 0.949 bits per heavy atom. The number of esters is 2. The minimum absolute atomic E-state index is 0.0708. The molecule has 2 aromatic carbocycles. The minimum Gasteiger partial charge on any atom is -0.494 e. The molecule has 11 nitrogen and oxygen atoms in total. The molecular weight excluding hydrogens is 506 g/mol. The normalized spacial score (nSPS) is 10.8. The summed E-state index contributed by atoms with van der Waals surface area (Å²) >= 11 is 0. The topological polar surface area (TPSA) is 149 Å². The summed E-state index contributed by atoms with van der Waals surface area (Å²) in [5.74, 6) is -1.93. The van der Waals surface area contributed by atoms with Crippen LogP contribution in [0.4, 0.5) is 5.82 Å². The summed E-state index contributed by atoms with van der Waals surface area (Å²) in [5.41, 5.74) is 4.40. The molecule has 0 saturated heterocycles. The van der Waals surface area contributed by atoms with Crippen LogP contribution in [0.5, 0.6) is 5.75 Å². The van der Waals surface area contributed by atoms with E-state index < -0.39 is 53.5 Å². The van der Waals surface area contributed by atoms with Crippen molar-refractivity contribution in [2.24, 2.45) is 5.92 Å². The van der Waals surface area contributed by atoms with Crippen LogP contribution < -0.4 is 21.7 Å². The molecule has 1 aromatic heterocycles. The maximum atomic E-state index is 13.1. The van der Waals surface area contributed by atoms with Crippen molar-refractivity contribution in [3.05, 3.63) is 92.1 Å². The molecule has 1 heterocycles. The Morgan fingerprint density at radius 3 is 2.23 bits per heavy atom. The first-order chi connectivity index (χ1) is 18.6. The van der Waals surface area contributed by atoms with Crippen LogP contribution in [0.25, 0.3) is 0 Å². The number of nitrogen functional groups attached to an aromatic ring is 1. The predicted molar refractivity (Wildman–Crippen MR) is 143 cm³/mol. The summed E-state index contributed by atoms with van der Waals surface area (Å²) in [6, 6.07) is 14.9. The molecule has 0 unspecified atom stereocenters. The molecular formula is C28H31N3O8. The summed E-state index contributed by atoms with van der Waals surface area (Å²) in [7, 11) is 1.10. The highest BCUT2D eigenvalue weighted by Gasteiger charge is 2.25. The predicted octanol–water partition coefficient (Wildman–Crippen LogP) is 2.28. The lowest BCUT2D eigenvalue weighted by Gasteiger charge is -2.16. The van der Waals surface area contributed by atoms with Crippen molar-refractivity contribution in [1.29, 1.82) is 0 Å². The molecule has 0 fully saturated rings. The zero-order valence-electron chi connectivity index (χ0n) is 22.0. The van der Waals surface area contributed by atoms with E-state index in [1.54, 1.807) is 42.5 Å². The lowest BCUT2D eigenvalue weighted by atomic mass is 10.1. The van der Waals surface area contributed by atoms with E-state index in [0.29, 0.717) is 28.4 Å². The number of hydrogen-bond donors (Lipinski definition) is 1. The molecule has 0 amide bonds. The Bertz CT molecular complexity index is 1440. The van der Waals surface area contributed by atoms with E-state index in [1.807, 2.05) is 0 Å². The van der Waals surface area contributed by atoms with Gasteiger partial charge in [0.1, 0.15) is 23.7 Å². The van der Waals surface area contributed by atoms with Crippen molar-refractivity contribution in [3.8, 4) is 5.75 Å². The van der Waals surface area contributed by atoms with E-state index in [4.69, 9.17) is 15.2 Å². The Hall–Kier alpha value is -4.67. The highest BCUT2D eigenvalue weighted by molar-refractivity contribution is 6.02. The van der Waals surface area contributed by atoms with E-state index in [1.165, 1.54) is 12.1 Å². The van der Waals surface area contributed by atoms with Gasteiger partial charge in [0.25, 0.3) is 5.56 Å². The van der Waals surface area contributed by atoms with E-state index in [2.05, 4.69) is 18.6 Å². The van der Waals surface area contributed by atoms with Crippen LogP contribution in [-0.2, 0) is 27.4 Å². The molecule has 0 saturated carbocycles. The van der Waals surface area contributed by atoms with Gasteiger partial charge in [0, 0.05) is 0 Å². The van der Waals surface area contributed by atoms with Gasteiger partial charge in [-0.1, -0.05) is 44.2 Å². The number of hydrogen-bond acceptors (Lipinski definition) is 9. The van der Waals surface area contributed by atoms with Gasteiger partial charge in [0.15, 0.2) is 6.61 Å². The quantitative estimate of drug-likeness (QED) is 0.271. The third kappa shape index (κ3) is 7.44. The number of nitrogens with two attached hydrogens (primary N) is 1. The molecule has 3 aromatic rings. The Balaban J connectivity index is 1.83. The molecule has 0 bridgehead atoms. The molecule has 0 radical (unpaired) electrons. The van der Waals surface area contributed by atoms with Crippen molar-refractivity contribution >= 4 is 23.5 Å². The standard InChI is InChI=1S/C28H31N3O8/c1-18(2)13-14-38-21-11-9-20(10-12-21)27(35)39-17-22(32)24-25(29)30(15-19-7-5-4-6-8-19)28(36)31(26(24)34)16-23(33)37-3/h4-12,18H,13-17,29H2,1-3H3. The molecule has 0 spiro atoms. The van der Waals surface area contributed by atoms with Crippen molar-refractivity contribution < 1.29 is 28.6 Å². The summed E-state index contributed by atoms with van der Waals surface area (Å²) < 4.78 is 16.9. The maximum Gasteiger partial charge on any atom is 0.338 e. The van der Waals surface area contributed by atoms with Gasteiger partial charge in [-0.15, -0.1) is 0 Å². The second-order valence-corrected chi connectivity index (χ2v) is 9.14. The van der Waals surface area contributed by atoms with Crippen molar-refractivity contribution in [2.75, 3.05) is 26.1 Å². The molecule has 39 heavy (non-hydrogen) atoms.